The van der Waals surface area contributed by atoms with Gasteiger partial charge in [0.25, 0.3) is 0 Å². The van der Waals surface area contributed by atoms with E-state index in [1.807, 2.05) is 0 Å². The van der Waals surface area contributed by atoms with E-state index in [1.54, 1.807) is 0 Å². The van der Waals surface area contributed by atoms with Crippen LogP contribution in [-0.4, -0.2) is 19.5 Å². The minimum atomic E-state index is 0.725. The number of nitrogens with one attached hydrogen (secondary N) is 2. The van der Waals surface area contributed by atoms with Gasteiger partial charge in [-0.05, 0) is 25.5 Å². The lowest BCUT2D eigenvalue weighted by atomic mass is 10.2. The Bertz CT molecular complexity index is 269. The van der Waals surface area contributed by atoms with Crippen molar-refractivity contribution in [1.82, 2.24) is 5.32 Å². The standard InChI is InChI=1S/C11H16N2O/c1-10-3-5-11(6-4-10)13-8-2-7-12-9-14/h3-6,9,13H,2,7-8H2,1H3,(H,12,14). The van der Waals surface area contributed by atoms with Crippen LogP contribution in [0.1, 0.15) is 12.0 Å². The van der Waals surface area contributed by atoms with Crippen LogP contribution in [0.4, 0.5) is 5.69 Å². The SMILES string of the molecule is Cc1ccc(NCCCNC=O)cc1. The van der Waals surface area contributed by atoms with E-state index in [0.29, 0.717) is 0 Å². The first kappa shape index (κ1) is 10.6. The molecule has 1 aromatic rings. The van der Waals surface area contributed by atoms with Crippen LogP contribution >= 0.6 is 0 Å². The number of carbonyl (C=O) groups is 1. The molecule has 3 nitrogen and oxygen atoms in total. The number of benzene rings is 1. The number of hydrogen-bond donors (Lipinski definition) is 2. The van der Waals surface area contributed by atoms with Gasteiger partial charge in [-0.1, -0.05) is 17.7 Å². The van der Waals surface area contributed by atoms with E-state index >= 15 is 0 Å². The first-order chi connectivity index (χ1) is 6.83. The second-order valence-electron chi connectivity index (χ2n) is 3.22. The molecule has 0 aliphatic rings. The van der Waals surface area contributed by atoms with Crippen LogP contribution in [0.3, 0.4) is 0 Å². The number of hydrogen-bond acceptors (Lipinski definition) is 2. The summed E-state index contributed by atoms with van der Waals surface area (Å²) in [6, 6.07) is 8.27. The van der Waals surface area contributed by atoms with Gasteiger partial charge in [-0.15, -0.1) is 0 Å². The molecule has 2 N–H and O–H groups in total. The lowest BCUT2D eigenvalue weighted by molar-refractivity contribution is -0.109. The molecule has 76 valence electrons. The zero-order valence-electron chi connectivity index (χ0n) is 8.42. The Morgan fingerprint density at radius 1 is 1.21 bits per heavy atom. The summed E-state index contributed by atoms with van der Waals surface area (Å²) >= 11 is 0. The molecule has 0 fully saturated rings. The Morgan fingerprint density at radius 3 is 2.57 bits per heavy atom. The van der Waals surface area contributed by atoms with Crippen LogP contribution in [-0.2, 0) is 4.79 Å². The van der Waals surface area contributed by atoms with Crippen molar-refractivity contribution < 1.29 is 4.79 Å². The molecular formula is C11H16N2O. The van der Waals surface area contributed by atoms with E-state index in [4.69, 9.17) is 0 Å². The lowest BCUT2D eigenvalue weighted by Gasteiger charge is -2.05. The smallest absolute Gasteiger partial charge is 0.207 e. The molecule has 0 heterocycles. The molecule has 0 saturated carbocycles. The van der Waals surface area contributed by atoms with Crippen molar-refractivity contribution in [2.24, 2.45) is 0 Å². The van der Waals surface area contributed by atoms with Gasteiger partial charge in [0.1, 0.15) is 0 Å². The molecule has 0 spiro atoms. The Balaban J connectivity index is 2.18. The number of carbonyl (C=O) groups excluding carboxylic acids is 1. The van der Waals surface area contributed by atoms with Gasteiger partial charge in [-0.3, -0.25) is 4.79 Å². The Labute approximate surface area is 84.5 Å². The van der Waals surface area contributed by atoms with E-state index in [-0.39, 0.29) is 0 Å². The third-order valence-electron chi connectivity index (χ3n) is 1.96. The second kappa shape index (κ2) is 6.02. The summed E-state index contributed by atoms with van der Waals surface area (Å²) in [7, 11) is 0. The number of aryl methyl sites for hydroxylation is 1. The van der Waals surface area contributed by atoms with Gasteiger partial charge in [-0.25, -0.2) is 0 Å². The zero-order chi connectivity index (χ0) is 10.2. The molecule has 1 rings (SSSR count). The monoisotopic (exact) mass is 192 g/mol. The first-order valence-electron chi connectivity index (χ1n) is 4.80. The summed E-state index contributed by atoms with van der Waals surface area (Å²) in [6.45, 7) is 3.67. The molecular weight excluding hydrogens is 176 g/mol. The van der Waals surface area contributed by atoms with Crippen molar-refractivity contribution in [1.29, 1.82) is 0 Å². The zero-order valence-corrected chi connectivity index (χ0v) is 8.42. The highest BCUT2D eigenvalue weighted by Gasteiger charge is 1.90. The van der Waals surface area contributed by atoms with Crippen molar-refractivity contribution in [3.63, 3.8) is 0 Å². The van der Waals surface area contributed by atoms with Gasteiger partial charge in [0.15, 0.2) is 0 Å². The average molecular weight is 192 g/mol. The predicted octanol–water partition coefficient (Wildman–Crippen LogP) is 1.54. The average Bonchev–Trinajstić information content (AvgIpc) is 2.21. The normalized spacial score (nSPS) is 9.50. The molecule has 3 heteroatoms. The lowest BCUT2D eigenvalue weighted by Crippen LogP contribution is -2.15. The van der Waals surface area contributed by atoms with Crippen molar-refractivity contribution in [2.45, 2.75) is 13.3 Å². The fraction of sp³-hybridized carbons (Fsp3) is 0.364. The van der Waals surface area contributed by atoms with Crippen molar-refractivity contribution in [3.8, 4) is 0 Å². The molecule has 1 aromatic carbocycles. The first-order valence-corrected chi connectivity index (χ1v) is 4.80. The van der Waals surface area contributed by atoms with Gasteiger partial charge in [0.05, 0.1) is 0 Å². The van der Waals surface area contributed by atoms with Crippen molar-refractivity contribution in [3.05, 3.63) is 29.8 Å². The quantitative estimate of drug-likeness (QED) is 0.530. The summed E-state index contributed by atoms with van der Waals surface area (Å²) in [5, 5.41) is 5.90. The van der Waals surface area contributed by atoms with E-state index in [9.17, 15) is 4.79 Å². The third kappa shape index (κ3) is 3.94. The maximum Gasteiger partial charge on any atom is 0.207 e. The Kier molecular flexibility index (Phi) is 4.55. The number of anilines is 1. The molecule has 14 heavy (non-hydrogen) atoms. The van der Waals surface area contributed by atoms with E-state index in [0.717, 1.165) is 31.6 Å². The second-order valence-corrected chi connectivity index (χ2v) is 3.22. The van der Waals surface area contributed by atoms with Crippen molar-refractivity contribution in [2.75, 3.05) is 18.4 Å². The fourth-order valence-electron chi connectivity index (χ4n) is 1.15. The van der Waals surface area contributed by atoms with Crippen LogP contribution in [0, 0.1) is 6.92 Å². The third-order valence-corrected chi connectivity index (χ3v) is 1.96. The highest BCUT2D eigenvalue weighted by Crippen LogP contribution is 2.07. The highest BCUT2D eigenvalue weighted by molar-refractivity contribution is 5.46. The molecule has 1 amide bonds. The van der Waals surface area contributed by atoms with Crippen LogP contribution in [0.5, 0.6) is 0 Å². The van der Waals surface area contributed by atoms with Crippen LogP contribution in [0.15, 0.2) is 24.3 Å². The molecule has 0 radical (unpaired) electrons. The van der Waals surface area contributed by atoms with E-state index in [1.165, 1.54) is 5.56 Å². The predicted molar refractivity (Wildman–Crippen MR) is 58.4 cm³/mol. The largest absolute Gasteiger partial charge is 0.385 e. The minimum absolute atomic E-state index is 0.725. The van der Waals surface area contributed by atoms with Gasteiger partial charge in [0, 0.05) is 18.8 Å². The summed E-state index contributed by atoms with van der Waals surface area (Å²) < 4.78 is 0. The topological polar surface area (TPSA) is 41.1 Å². The molecule has 0 unspecified atom stereocenters. The maximum atomic E-state index is 9.94. The number of rotatable bonds is 6. The van der Waals surface area contributed by atoms with Gasteiger partial charge in [0.2, 0.25) is 6.41 Å². The van der Waals surface area contributed by atoms with Crippen LogP contribution in [0.2, 0.25) is 0 Å². The van der Waals surface area contributed by atoms with E-state index < -0.39 is 0 Å². The molecule has 0 atom stereocenters. The molecule has 0 aromatic heterocycles. The Morgan fingerprint density at radius 2 is 1.93 bits per heavy atom. The molecule has 0 saturated heterocycles. The molecule has 0 aliphatic heterocycles. The fourth-order valence-corrected chi connectivity index (χ4v) is 1.15. The van der Waals surface area contributed by atoms with Crippen LogP contribution < -0.4 is 10.6 Å². The highest BCUT2D eigenvalue weighted by atomic mass is 16.1. The number of amides is 1. The summed E-state index contributed by atoms with van der Waals surface area (Å²) in [5.74, 6) is 0. The minimum Gasteiger partial charge on any atom is -0.385 e. The van der Waals surface area contributed by atoms with Crippen LogP contribution in [0.25, 0.3) is 0 Å². The Hall–Kier alpha value is -1.51. The molecule has 0 aliphatic carbocycles. The van der Waals surface area contributed by atoms with Crippen molar-refractivity contribution >= 4 is 12.1 Å². The molecule has 0 bridgehead atoms. The summed E-state index contributed by atoms with van der Waals surface area (Å²) in [5.41, 5.74) is 2.39. The van der Waals surface area contributed by atoms with E-state index in [2.05, 4.69) is 41.8 Å². The summed E-state index contributed by atoms with van der Waals surface area (Å²) in [6.07, 6.45) is 1.67. The van der Waals surface area contributed by atoms with Gasteiger partial charge >= 0.3 is 0 Å². The van der Waals surface area contributed by atoms with Gasteiger partial charge < -0.3 is 10.6 Å². The van der Waals surface area contributed by atoms with Gasteiger partial charge in [-0.2, -0.15) is 0 Å². The maximum absolute atomic E-state index is 9.94. The summed E-state index contributed by atoms with van der Waals surface area (Å²) in [4.78, 5) is 9.94.